The number of halogens is 1. The second kappa shape index (κ2) is 6.76. The fourth-order valence-corrected chi connectivity index (χ4v) is 2.70. The number of anilines is 1. The van der Waals surface area contributed by atoms with Crippen molar-refractivity contribution < 1.29 is 14.3 Å². The minimum atomic E-state index is -0.445. The maximum absolute atomic E-state index is 12.3. The molecule has 0 aliphatic carbocycles. The second-order valence-electron chi connectivity index (χ2n) is 5.30. The number of H-pyrrole nitrogens is 1. The van der Waals surface area contributed by atoms with Crippen LogP contribution in [0.1, 0.15) is 15.9 Å². The first-order valence-electron chi connectivity index (χ1n) is 7.30. The minimum Gasteiger partial charge on any atom is -0.465 e. The van der Waals surface area contributed by atoms with E-state index in [0.29, 0.717) is 16.3 Å². The molecule has 3 rings (SSSR count). The van der Waals surface area contributed by atoms with Crippen LogP contribution in [-0.2, 0) is 16.0 Å². The summed E-state index contributed by atoms with van der Waals surface area (Å²) in [5.74, 6) is -0.618. The Morgan fingerprint density at radius 3 is 2.83 bits per heavy atom. The molecule has 2 aromatic carbocycles. The van der Waals surface area contributed by atoms with Gasteiger partial charge in [-0.1, -0.05) is 23.7 Å². The average Bonchev–Trinajstić information content (AvgIpc) is 2.96. The zero-order chi connectivity index (χ0) is 17.1. The number of nitrogens with one attached hydrogen (secondary N) is 2. The third-order valence-corrected chi connectivity index (χ3v) is 3.88. The van der Waals surface area contributed by atoms with Gasteiger partial charge < -0.3 is 15.0 Å². The van der Waals surface area contributed by atoms with Crippen LogP contribution in [0.4, 0.5) is 5.69 Å². The maximum Gasteiger partial charge on any atom is 0.337 e. The standard InChI is InChI=1S/C18H15ClN2O3/c1-24-18(23)11-3-2-4-14(7-11)21-17(22)8-12-10-20-16-9-13(19)5-6-15(12)16/h2-7,9-10,20H,8H2,1H3,(H,21,22). The summed E-state index contributed by atoms with van der Waals surface area (Å²) in [6.45, 7) is 0. The number of carbonyl (C=O) groups excluding carboxylic acids is 2. The number of fused-ring (bicyclic) bond motifs is 1. The number of esters is 1. The van der Waals surface area contributed by atoms with Gasteiger partial charge in [-0.3, -0.25) is 4.79 Å². The molecular formula is C18H15ClN2O3. The second-order valence-corrected chi connectivity index (χ2v) is 5.74. The largest absolute Gasteiger partial charge is 0.465 e. The average molecular weight is 343 g/mol. The Morgan fingerprint density at radius 1 is 1.21 bits per heavy atom. The predicted molar refractivity (Wildman–Crippen MR) is 93.4 cm³/mol. The molecule has 2 N–H and O–H groups in total. The third-order valence-electron chi connectivity index (χ3n) is 3.65. The molecule has 0 aliphatic heterocycles. The molecule has 0 saturated heterocycles. The lowest BCUT2D eigenvalue weighted by atomic mass is 10.1. The topological polar surface area (TPSA) is 71.2 Å². The maximum atomic E-state index is 12.3. The Morgan fingerprint density at radius 2 is 2.04 bits per heavy atom. The number of methoxy groups -OCH3 is 1. The SMILES string of the molecule is COC(=O)c1cccc(NC(=O)Cc2c[nH]c3cc(Cl)ccc23)c1. The summed E-state index contributed by atoms with van der Waals surface area (Å²) in [7, 11) is 1.32. The van der Waals surface area contributed by atoms with Crippen LogP contribution in [0.25, 0.3) is 10.9 Å². The van der Waals surface area contributed by atoms with Gasteiger partial charge in [0.1, 0.15) is 0 Å². The summed E-state index contributed by atoms with van der Waals surface area (Å²) in [6, 6.07) is 12.1. The highest BCUT2D eigenvalue weighted by Gasteiger charge is 2.11. The van der Waals surface area contributed by atoms with Gasteiger partial charge in [0.15, 0.2) is 0 Å². The molecule has 0 saturated carbocycles. The van der Waals surface area contributed by atoms with Crippen molar-refractivity contribution in [3.63, 3.8) is 0 Å². The van der Waals surface area contributed by atoms with Gasteiger partial charge >= 0.3 is 5.97 Å². The number of ether oxygens (including phenoxy) is 1. The Kier molecular flexibility index (Phi) is 4.53. The van der Waals surface area contributed by atoms with Crippen LogP contribution in [0.2, 0.25) is 5.02 Å². The van der Waals surface area contributed by atoms with Crippen LogP contribution in [0, 0.1) is 0 Å². The van der Waals surface area contributed by atoms with Crippen LogP contribution in [-0.4, -0.2) is 24.0 Å². The zero-order valence-corrected chi connectivity index (χ0v) is 13.7. The lowest BCUT2D eigenvalue weighted by Crippen LogP contribution is -2.14. The van der Waals surface area contributed by atoms with E-state index < -0.39 is 5.97 Å². The Hall–Kier alpha value is -2.79. The van der Waals surface area contributed by atoms with Gasteiger partial charge in [0.25, 0.3) is 0 Å². The van der Waals surface area contributed by atoms with Crippen molar-refractivity contribution in [2.45, 2.75) is 6.42 Å². The van der Waals surface area contributed by atoms with Gasteiger partial charge in [-0.2, -0.15) is 0 Å². The molecule has 0 spiro atoms. The molecule has 1 heterocycles. The monoisotopic (exact) mass is 342 g/mol. The van der Waals surface area contributed by atoms with Crippen LogP contribution in [0.3, 0.4) is 0 Å². The lowest BCUT2D eigenvalue weighted by Gasteiger charge is -2.06. The smallest absolute Gasteiger partial charge is 0.337 e. The summed E-state index contributed by atoms with van der Waals surface area (Å²) >= 11 is 5.96. The molecule has 0 aliphatic rings. The summed E-state index contributed by atoms with van der Waals surface area (Å²) in [5.41, 5.74) is 2.70. The zero-order valence-electron chi connectivity index (χ0n) is 12.9. The molecule has 0 unspecified atom stereocenters. The highest BCUT2D eigenvalue weighted by molar-refractivity contribution is 6.31. The van der Waals surface area contributed by atoms with E-state index in [1.54, 1.807) is 36.5 Å². The fourth-order valence-electron chi connectivity index (χ4n) is 2.52. The van der Waals surface area contributed by atoms with Crippen molar-refractivity contribution in [1.82, 2.24) is 4.98 Å². The number of carbonyl (C=O) groups is 2. The third kappa shape index (κ3) is 3.41. The number of aromatic nitrogens is 1. The van der Waals surface area contributed by atoms with Crippen LogP contribution < -0.4 is 5.32 Å². The first-order valence-corrected chi connectivity index (χ1v) is 7.68. The van der Waals surface area contributed by atoms with Crippen molar-refractivity contribution >= 4 is 40.1 Å². The molecule has 122 valence electrons. The minimum absolute atomic E-state index is 0.173. The van der Waals surface area contributed by atoms with Gasteiger partial charge in [0, 0.05) is 27.8 Å². The first kappa shape index (κ1) is 16.1. The van der Waals surface area contributed by atoms with E-state index in [-0.39, 0.29) is 12.3 Å². The van der Waals surface area contributed by atoms with Gasteiger partial charge in [-0.15, -0.1) is 0 Å². The number of hydrogen-bond acceptors (Lipinski definition) is 3. The summed E-state index contributed by atoms with van der Waals surface area (Å²) in [4.78, 5) is 26.9. The summed E-state index contributed by atoms with van der Waals surface area (Å²) < 4.78 is 4.67. The molecule has 24 heavy (non-hydrogen) atoms. The Labute approximate surface area is 143 Å². The molecule has 1 aromatic heterocycles. The molecular weight excluding hydrogens is 328 g/mol. The molecule has 0 bridgehead atoms. The van der Waals surface area contributed by atoms with Gasteiger partial charge in [-0.25, -0.2) is 4.79 Å². The highest BCUT2D eigenvalue weighted by Crippen LogP contribution is 2.22. The van der Waals surface area contributed by atoms with Crippen LogP contribution in [0.15, 0.2) is 48.7 Å². The van der Waals surface area contributed by atoms with E-state index in [2.05, 4.69) is 15.0 Å². The van der Waals surface area contributed by atoms with Crippen molar-refractivity contribution in [3.05, 3.63) is 64.8 Å². The Balaban J connectivity index is 1.74. The van der Waals surface area contributed by atoms with Crippen LogP contribution in [0.5, 0.6) is 0 Å². The normalized spacial score (nSPS) is 10.6. The quantitative estimate of drug-likeness (QED) is 0.709. The van der Waals surface area contributed by atoms with Gasteiger partial charge in [-0.05, 0) is 35.9 Å². The molecule has 0 fully saturated rings. The molecule has 0 radical (unpaired) electrons. The first-order chi connectivity index (χ1) is 11.6. The van der Waals surface area contributed by atoms with Crippen LogP contribution >= 0.6 is 11.6 Å². The van der Waals surface area contributed by atoms with Crippen molar-refractivity contribution in [2.24, 2.45) is 0 Å². The predicted octanol–water partition coefficient (Wildman–Crippen LogP) is 3.79. The summed E-state index contributed by atoms with van der Waals surface area (Å²) in [5, 5.41) is 4.38. The van der Waals surface area contributed by atoms with E-state index in [4.69, 9.17) is 11.6 Å². The lowest BCUT2D eigenvalue weighted by molar-refractivity contribution is -0.115. The van der Waals surface area contributed by atoms with Gasteiger partial charge in [0.05, 0.1) is 19.1 Å². The van der Waals surface area contributed by atoms with E-state index in [1.165, 1.54) is 7.11 Å². The van der Waals surface area contributed by atoms with E-state index in [1.807, 2.05) is 12.1 Å². The molecule has 3 aromatic rings. The van der Waals surface area contributed by atoms with E-state index in [0.717, 1.165) is 16.5 Å². The van der Waals surface area contributed by atoms with E-state index >= 15 is 0 Å². The van der Waals surface area contributed by atoms with Crippen molar-refractivity contribution in [1.29, 1.82) is 0 Å². The fraction of sp³-hybridized carbons (Fsp3) is 0.111. The number of hydrogen-bond donors (Lipinski definition) is 2. The number of rotatable bonds is 4. The van der Waals surface area contributed by atoms with Crippen molar-refractivity contribution in [2.75, 3.05) is 12.4 Å². The van der Waals surface area contributed by atoms with Gasteiger partial charge in [0.2, 0.25) is 5.91 Å². The molecule has 0 atom stereocenters. The number of amides is 1. The summed E-state index contributed by atoms with van der Waals surface area (Å²) in [6.07, 6.45) is 2.01. The highest BCUT2D eigenvalue weighted by atomic mass is 35.5. The van der Waals surface area contributed by atoms with Crippen molar-refractivity contribution in [3.8, 4) is 0 Å². The Bertz CT molecular complexity index is 918. The molecule has 1 amide bonds. The number of benzene rings is 2. The molecule has 6 heteroatoms. The number of aromatic amines is 1. The molecule has 5 nitrogen and oxygen atoms in total. The van der Waals surface area contributed by atoms with E-state index in [9.17, 15) is 9.59 Å².